The summed E-state index contributed by atoms with van der Waals surface area (Å²) < 4.78 is 0. The van der Waals surface area contributed by atoms with Crippen molar-refractivity contribution in [2.45, 2.75) is 20.3 Å². The molecule has 27 heavy (non-hydrogen) atoms. The number of aryl methyl sites for hydroxylation is 2. The van der Waals surface area contributed by atoms with Gasteiger partial charge in [0, 0.05) is 12.3 Å². The Morgan fingerprint density at radius 1 is 1.00 bits per heavy atom. The zero-order valence-electron chi connectivity index (χ0n) is 15.6. The summed E-state index contributed by atoms with van der Waals surface area (Å²) in [5, 5.41) is 9.19. The van der Waals surface area contributed by atoms with Gasteiger partial charge < -0.3 is 5.11 Å². The van der Waals surface area contributed by atoms with Gasteiger partial charge in [0.1, 0.15) is 0 Å². The van der Waals surface area contributed by atoms with E-state index in [0.29, 0.717) is 29.2 Å². The molecular formula is C22H23NO3S. The molecule has 0 aromatic heterocycles. The number of hydrogen-bond acceptors (Lipinski definition) is 4. The minimum absolute atomic E-state index is 0.0419. The summed E-state index contributed by atoms with van der Waals surface area (Å²) in [7, 11) is 0. The van der Waals surface area contributed by atoms with Crippen molar-refractivity contribution in [3.8, 4) is 0 Å². The van der Waals surface area contributed by atoms with Gasteiger partial charge >= 0.3 is 0 Å². The minimum atomic E-state index is -0.260. The monoisotopic (exact) mass is 381 g/mol. The van der Waals surface area contributed by atoms with E-state index in [-0.39, 0.29) is 18.4 Å². The summed E-state index contributed by atoms with van der Waals surface area (Å²) in [6.07, 6.45) is 0.621. The van der Waals surface area contributed by atoms with Gasteiger partial charge in [-0.15, -0.1) is 11.8 Å². The maximum absolute atomic E-state index is 13.1. The number of thioether (sulfide) groups is 1. The lowest BCUT2D eigenvalue weighted by Gasteiger charge is -2.15. The van der Waals surface area contributed by atoms with Crippen molar-refractivity contribution in [3.05, 3.63) is 75.7 Å². The van der Waals surface area contributed by atoms with Gasteiger partial charge in [-0.2, -0.15) is 0 Å². The fourth-order valence-electron chi connectivity index (χ4n) is 3.26. The number of rotatable bonds is 7. The lowest BCUT2D eigenvalue weighted by molar-refractivity contribution is -0.136. The first-order valence-corrected chi connectivity index (χ1v) is 9.97. The highest BCUT2D eigenvalue weighted by Crippen LogP contribution is 2.37. The van der Waals surface area contributed by atoms with Crippen LogP contribution in [0.4, 0.5) is 0 Å². The largest absolute Gasteiger partial charge is 0.396 e. The van der Waals surface area contributed by atoms with E-state index in [1.54, 1.807) is 0 Å². The van der Waals surface area contributed by atoms with Gasteiger partial charge in [0.2, 0.25) is 0 Å². The zero-order valence-corrected chi connectivity index (χ0v) is 16.4. The molecule has 140 valence electrons. The van der Waals surface area contributed by atoms with E-state index in [2.05, 4.69) is 0 Å². The molecule has 0 saturated heterocycles. The molecule has 0 bridgehead atoms. The maximum Gasteiger partial charge on any atom is 0.267 e. The molecule has 1 N–H and O–H groups in total. The fraction of sp³-hybridized carbons (Fsp3) is 0.273. The smallest absolute Gasteiger partial charge is 0.267 e. The summed E-state index contributed by atoms with van der Waals surface area (Å²) in [6, 6.07) is 15.7. The molecule has 2 aromatic rings. The van der Waals surface area contributed by atoms with Crippen molar-refractivity contribution in [2.75, 3.05) is 18.9 Å². The van der Waals surface area contributed by atoms with Crippen LogP contribution in [0.15, 0.2) is 53.4 Å². The molecule has 0 saturated carbocycles. The highest BCUT2D eigenvalue weighted by Gasteiger charge is 2.39. The molecular weight excluding hydrogens is 358 g/mol. The van der Waals surface area contributed by atoms with Crippen LogP contribution in [0.25, 0.3) is 5.57 Å². The van der Waals surface area contributed by atoms with E-state index in [1.165, 1.54) is 16.7 Å². The van der Waals surface area contributed by atoms with Gasteiger partial charge in [0.15, 0.2) is 0 Å². The predicted octanol–water partition coefficient (Wildman–Crippen LogP) is 3.35. The van der Waals surface area contributed by atoms with Gasteiger partial charge in [-0.1, -0.05) is 54.1 Å². The van der Waals surface area contributed by atoms with Crippen LogP contribution in [0.2, 0.25) is 0 Å². The van der Waals surface area contributed by atoms with E-state index in [4.69, 9.17) is 0 Å². The first-order valence-electron chi connectivity index (χ1n) is 8.98. The van der Waals surface area contributed by atoms with E-state index in [1.807, 2.05) is 62.4 Å². The zero-order chi connectivity index (χ0) is 19.4. The summed E-state index contributed by atoms with van der Waals surface area (Å²) in [5.74, 6) is -0.123. The Morgan fingerprint density at radius 2 is 1.74 bits per heavy atom. The van der Waals surface area contributed by atoms with Crippen LogP contribution in [-0.4, -0.2) is 40.7 Å². The third kappa shape index (κ3) is 4.15. The molecule has 0 unspecified atom stereocenters. The number of carbonyl (C=O) groups is 2. The Kier molecular flexibility index (Phi) is 6.14. The predicted molar refractivity (Wildman–Crippen MR) is 109 cm³/mol. The molecule has 0 radical (unpaired) electrons. The fourth-order valence-corrected chi connectivity index (χ4v) is 4.13. The van der Waals surface area contributed by atoms with Crippen molar-refractivity contribution in [3.63, 3.8) is 0 Å². The summed E-state index contributed by atoms with van der Waals surface area (Å²) >= 11 is 1.25. The van der Waals surface area contributed by atoms with Crippen LogP contribution in [0.3, 0.4) is 0 Å². The first-order chi connectivity index (χ1) is 13.0. The quantitative estimate of drug-likeness (QED) is 0.748. The molecule has 1 heterocycles. The highest BCUT2D eigenvalue weighted by atomic mass is 32.2. The number of imide groups is 1. The molecule has 5 heteroatoms. The molecule has 2 amide bonds. The van der Waals surface area contributed by atoms with Crippen LogP contribution < -0.4 is 0 Å². The molecule has 4 nitrogen and oxygen atoms in total. The number of carbonyl (C=O) groups excluding carboxylic acids is 2. The SMILES string of the molecule is Cc1ccc(C2=C(SCCO)C(=O)N(CCc3ccccc3)C2=O)c(C)c1. The van der Waals surface area contributed by atoms with Crippen LogP contribution in [0.5, 0.6) is 0 Å². The Balaban J connectivity index is 1.91. The van der Waals surface area contributed by atoms with Crippen LogP contribution in [0.1, 0.15) is 22.3 Å². The number of hydrogen-bond donors (Lipinski definition) is 1. The molecule has 1 aliphatic rings. The molecule has 0 aliphatic carbocycles. The average molecular weight is 381 g/mol. The molecule has 3 rings (SSSR count). The first kappa shape index (κ1) is 19.4. The van der Waals surface area contributed by atoms with E-state index in [0.717, 1.165) is 22.3 Å². The Hall–Kier alpha value is -2.37. The second-order valence-electron chi connectivity index (χ2n) is 6.59. The Morgan fingerprint density at radius 3 is 2.41 bits per heavy atom. The van der Waals surface area contributed by atoms with Crippen LogP contribution >= 0.6 is 11.8 Å². The van der Waals surface area contributed by atoms with E-state index >= 15 is 0 Å². The van der Waals surface area contributed by atoms with Crippen molar-refractivity contribution in [1.29, 1.82) is 0 Å². The maximum atomic E-state index is 13.1. The van der Waals surface area contributed by atoms with E-state index < -0.39 is 0 Å². The number of amides is 2. The summed E-state index contributed by atoms with van der Waals surface area (Å²) in [6.45, 7) is 4.26. The molecule has 1 aliphatic heterocycles. The second kappa shape index (κ2) is 8.55. The Bertz CT molecular complexity index is 890. The normalized spacial score (nSPS) is 14.4. The third-order valence-corrected chi connectivity index (χ3v) is 5.64. The number of aliphatic hydroxyl groups excluding tert-OH is 1. The minimum Gasteiger partial charge on any atom is -0.396 e. The van der Waals surface area contributed by atoms with Gasteiger partial charge in [0.25, 0.3) is 11.8 Å². The lowest BCUT2D eigenvalue weighted by atomic mass is 9.99. The molecule has 0 atom stereocenters. The topological polar surface area (TPSA) is 57.6 Å². The van der Waals surface area contributed by atoms with Crippen molar-refractivity contribution < 1.29 is 14.7 Å². The van der Waals surface area contributed by atoms with Gasteiger partial charge in [0.05, 0.1) is 17.1 Å². The van der Waals surface area contributed by atoms with Gasteiger partial charge in [-0.3, -0.25) is 14.5 Å². The summed E-state index contributed by atoms with van der Waals surface area (Å²) in [5.41, 5.74) is 4.42. The van der Waals surface area contributed by atoms with E-state index in [9.17, 15) is 14.7 Å². The summed E-state index contributed by atoms with van der Waals surface area (Å²) in [4.78, 5) is 27.8. The standard InChI is InChI=1S/C22H23NO3S/c1-15-8-9-18(16(2)14-15)19-20(27-13-12-24)22(26)23(21(19)25)11-10-17-6-4-3-5-7-17/h3-9,14,24H,10-13H2,1-2H3. The van der Waals surface area contributed by atoms with Crippen molar-refractivity contribution >= 4 is 29.1 Å². The average Bonchev–Trinajstić information content (AvgIpc) is 2.89. The number of nitrogens with zero attached hydrogens (tertiary/aromatic N) is 1. The number of benzene rings is 2. The lowest BCUT2D eigenvalue weighted by Crippen LogP contribution is -2.33. The number of aliphatic hydroxyl groups is 1. The molecule has 2 aromatic carbocycles. The van der Waals surface area contributed by atoms with Gasteiger partial charge in [-0.25, -0.2) is 0 Å². The van der Waals surface area contributed by atoms with Crippen LogP contribution in [0, 0.1) is 13.8 Å². The van der Waals surface area contributed by atoms with Crippen molar-refractivity contribution in [1.82, 2.24) is 4.90 Å². The van der Waals surface area contributed by atoms with Crippen LogP contribution in [-0.2, 0) is 16.0 Å². The Labute approximate surface area is 163 Å². The molecule has 0 fully saturated rings. The third-order valence-electron chi connectivity index (χ3n) is 4.58. The van der Waals surface area contributed by atoms with Crippen molar-refractivity contribution in [2.24, 2.45) is 0 Å². The highest BCUT2D eigenvalue weighted by molar-refractivity contribution is 8.04. The molecule has 0 spiro atoms. The van der Waals surface area contributed by atoms with Gasteiger partial charge in [-0.05, 0) is 37.0 Å². The second-order valence-corrected chi connectivity index (χ2v) is 7.70.